The molecular weight excluding hydrogens is 342 g/mol. The molecule has 0 unspecified atom stereocenters. The van der Waals surface area contributed by atoms with Crippen LogP contribution in [0.5, 0.6) is 0 Å². The molecule has 1 aromatic carbocycles. The third-order valence-electron chi connectivity index (χ3n) is 5.07. The Morgan fingerprint density at radius 2 is 1.93 bits per heavy atom. The van der Waals surface area contributed by atoms with E-state index in [4.69, 9.17) is 0 Å². The third-order valence-corrected chi connectivity index (χ3v) is 5.07. The number of nitrogens with zero attached hydrogens (tertiary/aromatic N) is 4. The van der Waals surface area contributed by atoms with E-state index in [9.17, 15) is 9.59 Å². The van der Waals surface area contributed by atoms with E-state index in [2.05, 4.69) is 29.2 Å². The summed E-state index contributed by atoms with van der Waals surface area (Å²) in [4.78, 5) is 27.4. The maximum Gasteiger partial charge on any atom is 0.291 e. The number of hydrogen-bond donors (Lipinski definition) is 1. The van der Waals surface area contributed by atoms with Crippen molar-refractivity contribution in [2.24, 2.45) is 7.05 Å². The number of para-hydroxylation sites is 1. The van der Waals surface area contributed by atoms with Crippen molar-refractivity contribution in [3.8, 4) is 0 Å². The van der Waals surface area contributed by atoms with Crippen molar-refractivity contribution in [2.45, 2.75) is 26.8 Å². The van der Waals surface area contributed by atoms with E-state index in [0.29, 0.717) is 12.1 Å². The van der Waals surface area contributed by atoms with E-state index in [0.717, 1.165) is 42.3 Å². The fourth-order valence-corrected chi connectivity index (χ4v) is 3.49. The zero-order valence-electron chi connectivity index (χ0n) is 16.2. The molecule has 0 aliphatic rings. The van der Waals surface area contributed by atoms with Gasteiger partial charge in [0.25, 0.3) is 5.56 Å². The first-order valence-electron chi connectivity index (χ1n) is 9.49. The Kier molecular flexibility index (Phi) is 5.91. The Hall–Kier alpha value is -2.67. The summed E-state index contributed by atoms with van der Waals surface area (Å²) in [6.45, 7) is 7.76. The molecule has 0 radical (unpaired) electrons. The van der Waals surface area contributed by atoms with Gasteiger partial charge in [0.2, 0.25) is 5.91 Å². The van der Waals surface area contributed by atoms with Gasteiger partial charge in [0.15, 0.2) is 0 Å². The first-order valence-corrected chi connectivity index (χ1v) is 9.49. The fraction of sp³-hybridized carbons (Fsp3) is 0.450. The van der Waals surface area contributed by atoms with Crippen molar-refractivity contribution in [3.05, 3.63) is 40.8 Å². The lowest BCUT2D eigenvalue weighted by Gasteiger charge is -2.17. The average Bonchev–Trinajstić information content (AvgIpc) is 2.97. The molecule has 1 N–H and O–H groups in total. The van der Waals surface area contributed by atoms with Gasteiger partial charge in [0, 0.05) is 29.9 Å². The van der Waals surface area contributed by atoms with Crippen LogP contribution >= 0.6 is 0 Å². The van der Waals surface area contributed by atoms with E-state index < -0.39 is 0 Å². The molecule has 3 aromatic rings. The first kappa shape index (κ1) is 19.1. The van der Waals surface area contributed by atoms with Crippen molar-refractivity contribution < 1.29 is 4.79 Å². The Balaban J connectivity index is 1.71. The van der Waals surface area contributed by atoms with Crippen LogP contribution in [0.15, 0.2) is 35.3 Å². The van der Waals surface area contributed by atoms with Crippen LogP contribution in [-0.2, 0) is 18.4 Å². The highest BCUT2D eigenvalue weighted by atomic mass is 16.2. The summed E-state index contributed by atoms with van der Waals surface area (Å²) in [6, 6.07) is 7.84. The highest BCUT2D eigenvalue weighted by Gasteiger charge is 2.14. The first-order chi connectivity index (χ1) is 13.1. The van der Waals surface area contributed by atoms with E-state index in [-0.39, 0.29) is 18.0 Å². The molecule has 0 saturated heterocycles. The number of carbonyl (C=O) groups is 1. The number of rotatable bonds is 8. The van der Waals surface area contributed by atoms with Gasteiger partial charge in [-0.2, -0.15) is 5.10 Å². The Morgan fingerprint density at radius 3 is 2.67 bits per heavy atom. The fourth-order valence-electron chi connectivity index (χ4n) is 3.49. The van der Waals surface area contributed by atoms with Crippen molar-refractivity contribution in [1.29, 1.82) is 0 Å². The van der Waals surface area contributed by atoms with Gasteiger partial charge in [-0.05, 0) is 32.1 Å². The maximum absolute atomic E-state index is 12.8. The minimum Gasteiger partial charge on any atom is -0.354 e. The molecular formula is C20H27N5O2. The lowest BCUT2D eigenvalue weighted by atomic mass is 10.2. The summed E-state index contributed by atoms with van der Waals surface area (Å²) in [7, 11) is 1.86. The lowest BCUT2D eigenvalue weighted by molar-refractivity contribution is -0.121. The predicted molar refractivity (Wildman–Crippen MR) is 108 cm³/mol. The molecule has 0 saturated carbocycles. The molecule has 1 amide bonds. The second kappa shape index (κ2) is 8.35. The summed E-state index contributed by atoms with van der Waals surface area (Å²) in [6.07, 6.45) is 2.56. The maximum atomic E-state index is 12.8. The van der Waals surface area contributed by atoms with Crippen LogP contribution in [0.25, 0.3) is 21.8 Å². The Labute approximate surface area is 158 Å². The number of fused-ring (bicyclic) bond motifs is 3. The van der Waals surface area contributed by atoms with Crippen LogP contribution in [0.2, 0.25) is 0 Å². The van der Waals surface area contributed by atoms with E-state index in [1.165, 1.54) is 4.68 Å². The van der Waals surface area contributed by atoms with Gasteiger partial charge in [-0.3, -0.25) is 9.59 Å². The summed E-state index contributed by atoms with van der Waals surface area (Å²) >= 11 is 0. The molecule has 0 fully saturated rings. The van der Waals surface area contributed by atoms with E-state index >= 15 is 0 Å². The lowest BCUT2D eigenvalue weighted by Crippen LogP contribution is -2.35. The Bertz CT molecular complexity index is 1000. The number of carbonyl (C=O) groups excluding carboxylic acids is 1. The zero-order chi connectivity index (χ0) is 19.4. The number of hydrogen-bond acceptors (Lipinski definition) is 4. The second-order valence-corrected chi connectivity index (χ2v) is 6.68. The molecule has 7 nitrogen and oxygen atoms in total. The van der Waals surface area contributed by atoms with Gasteiger partial charge in [-0.1, -0.05) is 32.0 Å². The summed E-state index contributed by atoms with van der Waals surface area (Å²) in [5, 5.41) is 8.90. The van der Waals surface area contributed by atoms with Gasteiger partial charge in [-0.15, -0.1) is 0 Å². The smallest absolute Gasteiger partial charge is 0.291 e. The number of amides is 1. The number of benzene rings is 1. The molecule has 2 heterocycles. The van der Waals surface area contributed by atoms with Crippen molar-refractivity contribution in [3.63, 3.8) is 0 Å². The second-order valence-electron chi connectivity index (χ2n) is 6.68. The summed E-state index contributed by atoms with van der Waals surface area (Å²) in [5.74, 6) is -0.192. The number of aryl methyl sites for hydroxylation is 1. The topological polar surface area (TPSA) is 72.2 Å². The quantitative estimate of drug-likeness (QED) is 0.614. The minimum atomic E-state index is -0.246. The van der Waals surface area contributed by atoms with Crippen LogP contribution in [-0.4, -0.2) is 51.3 Å². The molecule has 27 heavy (non-hydrogen) atoms. The SMILES string of the molecule is CCN(CC)CCCNC(=O)Cn1ncc2c3ccccc3n(C)c2c1=O. The van der Waals surface area contributed by atoms with Crippen LogP contribution in [0.3, 0.4) is 0 Å². The molecule has 0 aliphatic heterocycles. The van der Waals surface area contributed by atoms with Gasteiger partial charge < -0.3 is 14.8 Å². The number of nitrogens with one attached hydrogen (secondary N) is 1. The largest absolute Gasteiger partial charge is 0.354 e. The standard InChI is InChI=1S/C20H27N5O2/c1-4-24(5-2)12-8-11-21-18(26)14-25-20(27)19-16(13-22-25)15-9-6-7-10-17(15)23(19)3/h6-7,9-10,13H,4-5,8,11-12,14H2,1-3H3,(H,21,26). The molecule has 0 spiro atoms. The molecule has 2 aromatic heterocycles. The number of aromatic nitrogens is 3. The van der Waals surface area contributed by atoms with Gasteiger partial charge >= 0.3 is 0 Å². The molecule has 3 rings (SSSR count). The van der Waals surface area contributed by atoms with Crippen molar-refractivity contribution in [2.75, 3.05) is 26.2 Å². The molecule has 0 atom stereocenters. The highest BCUT2D eigenvalue weighted by Crippen LogP contribution is 2.24. The molecule has 7 heteroatoms. The van der Waals surface area contributed by atoms with Crippen LogP contribution in [0.1, 0.15) is 20.3 Å². The van der Waals surface area contributed by atoms with Crippen LogP contribution in [0.4, 0.5) is 0 Å². The molecule has 0 bridgehead atoms. The summed E-state index contributed by atoms with van der Waals surface area (Å²) in [5.41, 5.74) is 1.30. The molecule has 0 aliphatic carbocycles. The van der Waals surface area contributed by atoms with E-state index in [1.807, 2.05) is 35.9 Å². The van der Waals surface area contributed by atoms with Crippen LogP contribution < -0.4 is 10.9 Å². The van der Waals surface area contributed by atoms with E-state index in [1.54, 1.807) is 6.20 Å². The Morgan fingerprint density at radius 1 is 1.19 bits per heavy atom. The van der Waals surface area contributed by atoms with Gasteiger partial charge in [0.05, 0.1) is 6.20 Å². The van der Waals surface area contributed by atoms with Crippen molar-refractivity contribution >= 4 is 27.7 Å². The highest BCUT2D eigenvalue weighted by molar-refractivity contribution is 6.07. The molecule has 144 valence electrons. The predicted octanol–water partition coefficient (Wildman–Crippen LogP) is 1.74. The average molecular weight is 369 g/mol. The zero-order valence-corrected chi connectivity index (χ0v) is 16.2. The summed E-state index contributed by atoms with van der Waals surface area (Å²) < 4.78 is 3.11. The monoisotopic (exact) mass is 369 g/mol. The normalized spacial score (nSPS) is 11.6. The van der Waals surface area contributed by atoms with Gasteiger partial charge in [-0.25, -0.2) is 4.68 Å². The van der Waals surface area contributed by atoms with Gasteiger partial charge in [0.1, 0.15) is 12.1 Å². The third kappa shape index (κ3) is 3.88. The minimum absolute atomic E-state index is 0.0679. The van der Waals surface area contributed by atoms with Crippen molar-refractivity contribution in [1.82, 2.24) is 24.6 Å². The van der Waals surface area contributed by atoms with Crippen LogP contribution in [0, 0.1) is 0 Å².